The lowest BCUT2D eigenvalue weighted by atomic mass is 10.0. The second-order valence-corrected chi connectivity index (χ2v) is 4.35. The van der Waals surface area contributed by atoms with Gasteiger partial charge < -0.3 is 15.6 Å². The van der Waals surface area contributed by atoms with E-state index in [1.54, 1.807) is 36.4 Å². The number of rotatable bonds is 3. The van der Waals surface area contributed by atoms with Gasteiger partial charge in [-0.25, -0.2) is 9.78 Å². The molecule has 0 saturated carbocycles. The minimum absolute atomic E-state index is 0.126. The molecule has 6 heteroatoms. The van der Waals surface area contributed by atoms with Crippen LogP contribution in [0.4, 0.5) is 5.95 Å². The van der Waals surface area contributed by atoms with E-state index in [4.69, 9.17) is 15.6 Å². The average molecular weight is 281 g/mol. The number of carboxylic acid groups (broad SMARTS) is 1. The predicted octanol–water partition coefficient (Wildman–Crippen LogP) is 2.70. The standard InChI is InChI=1S/C15H11N3O3/c16-15-17-7-6-13(18-15)21-10-4-5-11-9(8-10)2-1-3-12(11)14(19)20/h1-8H,(H,19,20)(H2,16,17,18). The van der Waals surface area contributed by atoms with E-state index in [0.717, 1.165) is 5.39 Å². The number of nitrogen functional groups attached to an aromatic ring is 1. The number of nitrogens with two attached hydrogens (primary N) is 1. The van der Waals surface area contributed by atoms with E-state index < -0.39 is 5.97 Å². The van der Waals surface area contributed by atoms with Crippen molar-refractivity contribution in [3.63, 3.8) is 0 Å². The normalized spacial score (nSPS) is 10.5. The lowest BCUT2D eigenvalue weighted by Gasteiger charge is -2.07. The number of anilines is 1. The Morgan fingerprint density at radius 2 is 2.05 bits per heavy atom. The molecule has 3 N–H and O–H groups in total. The molecule has 0 aliphatic carbocycles. The van der Waals surface area contributed by atoms with Crippen LogP contribution in [0.15, 0.2) is 48.7 Å². The molecule has 0 unspecified atom stereocenters. The summed E-state index contributed by atoms with van der Waals surface area (Å²) < 4.78 is 5.59. The van der Waals surface area contributed by atoms with Crippen LogP contribution in [-0.2, 0) is 0 Å². The molecule has 0 aliphatic heterocycles. The lowest BCUT2D eigenvalue weighted by Crippen LogP contribution is -1.98. The van der Waals surface area contributed by atoms with Gasteiger partial charge in [-0.2, -0.15) is 4.98 Å². The number of nitrogens with zero attached hydrogens (tertiary/aromatic N) is 2. The van der Waals surface area contributed by atoms with Crippen molar-refractivity contribution in [3.05, 3.63) is 54.2 Å². The number of aromatic nitrogens is 2. The third kappa shape index (κ3) is 2.59. The first kappa shape index (κ1) is 12.9. The van der Waals surface area contributed by atoms with Gasteiger partial charge in [0.2, 0.25) is 11.8 Å². The van der Waals surface area contributed by atoms with Crippen molar-refractivity contribution in [3.8, 4) is 11.6 Å². The Kier molecular flexibility index (Phi) is 3.12. The molecule has 0 spiro atoms. The summed E-state index contributed by atoms with van der Waals surface area (Å²) in [6.07, 6.45) is 1.50. The van der Waals surface area contributed by atoms with Crippen LogP contribution in [0.3, 0.4) is 0 Å². The summed E-state index contributed by atoms with van der Waals surface area (Å²) >= 11 is 0. The molecule has 0 radical (unpaired) electrons. The molecular formula is C15H11N3O3. The van der Waals surface area contributed by atoms with Crippen molar-refractivity contribution in [1.82, 2.24) is 9.97 Å². The molecule has 0 aliphatic rings. The number of carbonyl (C=O) groups is 1. The van der Waals surface area contributed by atoms with Crippen molar-refractivity contribution >= 4 is 22.7 Å². The van der Waals surface area contributed by atoms with E-state index in [9.17, 15) is 4.79 Å². The molecule has 0 fully saturated rings. The molecular weight excluding hydrogens is 270 g/mol. The van der Waals surface area contributed by atoms with E-state index in [1.165, 1.54) is 6.20 Å². The molecule has 0 saturated heterocycles. The third-order valence-corrected chi connectivity index (χ3v) is 2.95. The van der Waals surface area contributed by atoms with Crippen LogP contribution in [0.1, 0.15) is 10.4 Å². The minimum atomic E-state index is -0.960. The zero-order valence-electron chi connectivity index (χ0n) is 10.9. The van der Waals surface area contributed by atoms with E-state index in [2.05, 4.69) is 9.97 Å². The Morgan fingerprint density at radius 3 is 2.81 bits per heavy atom. The van der Waals surface area contributed by atoms with E-state index in [0.29, 0.717) is 17.0 Å². The van der Waals surface area contributed by atoms with Gasteiger partial charge in [-0.1, -0.05) is 12.1 Å². The maximum absolute atomic E-state index is 11.2. The number of fused-ring (bicyclic) bond motifs is 1. The maximum Gasteiger partial charge on any atom is 0.336 e. The van der Waals surface area contributed by atoms with Gasteiger partial charge in [0.25, 0.3) is 0 Å². The first-order valence-corrected chi connectivity index (χ1v) is 6.16. The summed E-state index contributed by atoms with van der Waals surface area (Å²) in [6.45, 7) is 0. The fourth-order valence-electron chi connectivity index (χ4n) is 2.05. The van der Waals surface area contributed by atoms with E-state index in [-0.39, 0.29) is 11.5 Å². The van der Waals surface area contributed by atoms with Gasteiger partial charge in [0, 0.05) is 12.3 Å². The predicted molar refractivity (Wildman–Crippen MR) is 77.4 cm³/mol. The van der Waals surface area contributed by atoms with Crippen molar-refractivity contribution in [2.75, 3.05) is 5.73 Å². The summed E-state index contributed by atoms with van der Waals surface area (Å²) in [5.74, 6) is 0.0404. The van der Waals surface area contributed by atoms with Crippen LogP contribution >= 0.6 is 0 Å². The SMILES string of the molecule is Nc1nccc(Oc2ccc3c(C(=O)O)cccc3c2)n1. The van der Waals surface area contributed by atoms with Gasteiger partial charge in [-0.05, 0) is 35.0 Å². The lowest BCUT2D eigenvalue weighted by molar-refractivity contribution is 0.0699. The van der Waals surface area contributed by atoms with Crippen molar-refractivity contribution < 1.29 is 14.6 Å². The molecule has 21 heavy (non-hydrogen) atoms. The van der Waals surface area contributed by atoms with Crippen molar-refractivity contribution in [2.24, 2.45) is 0 Å². The van der Waals surface area contributed by atoms with Gasteiger partial charge in [-0.3, -0.25) is 0 Å². The molecule has 3 aromatic rings. The second-order valence-electron chi connectivity index (χ2n) is 4.35. The van der Waals surface area contributed by atoms with Crippen LogP contribution in [0.25, 0.3) is 10.8 Å². The fourth-order valence-corrected chi connectivity index (χ4v) is 2.05. The summed E-state index contributed by atoms with van der Waals surface area (Å²) in [7, 11) is 0. The first-order valence-electron chi connectivity index (χ1n) is 6.16. The maximum atomic E-state index is 11.2. The highest BCUT2D eigenvalue weighted by Crippen LogP contribution is 2.26. The summed E-state index contributed by atoms with van der Waals surface area (Å²) in [5, 5.41) is 10.6. The Hall–Kier alpha value is -3.15. The number of hydrogen-bond donors (Lipinski definition) is 2. The highest BCUT2D eigenvalue weighted by atomic mass is 16.5. The Balaban J connectivity index is 2.00. The zero-order valence-corrected chi connectivity index (χ0v) is 10.9. The van der Waals surface area contributed by atoms with Gasteiger partial charge >= 0.3 is 5.97 Å². The Labute approximate surface area is 119 Å². The Bertz CT molecular complexity index is 833. The summed E-state index contributed by atoms with van der Waals surface area (Å²) in [6, 6.07) is 11.8. The first-order chi connectivity index (χ1) is 10.1. The van der Waals surface area contributed by atoms with Gasteiger partial charge in [0.1, 0.15) is 5.75 Å². The van der Waals surface area contributed by atoms with E-state index in [1.807, 2.05) is 6.07 Å². The molecule has 104 valence electrons. The number of benzene rings is 2. The number of ether oxygens (including phenoxy) is 1. The van der Waals surface area contributed by atoms with Gasteiger partial charge in [0.05, 0.1) is 5.56 Å². The van der Waals surface area contributed by atoms with E-state index >= 15 is 0 Å². The molecule has 0 atom stereocenters. The van der Waals surface area contributed by atoms with Crippen LogP contribution in [0.5, 0.6) is 11.6 Å². The van der Waals surface area contributed by atoms with Crippen LogP contribution in [0, 0.1) is 0 Å². The van der Waals surface area contributed by atoms with Crippen LogP contribution in [0.2, 0.25) is 0 Å². The number of carboxylic acids is 1. The number of aromatic carboxylic acids is 1. The molecule has 0 bridgehead atoms. The minimum Gasteiger partial charge on any atom is -0.478 e. The van der Waals surface area contributed by atoms with Gasteiger partial charge in [-0.15, -0.1) is 0 Å². The van der Waals surface area contributed by atoms with Crippen molar-refractivity contribution in [2.45, 2.75) is 0 Å². The van der Waals surface area contributed by atoms with Crippen LogP contribution < -0.4 is 10.5 Å². The largest absolute Gasteiger partial charge is 0.478 e. The fraction of sp³-hybridized carbons (Fsp3) is 0. The summed E-state index contributed by atoms with van der Waals surface area (Å²) in [4.78, 5) is 18.9. The molecule has 2 aromatic carbocycles. The Morgan fingerprint density at radius 1 is 1.19 bits per heavy atom. The monoisotopic (exact) mass is 281 g/mol. The molecule has 1 aromatic heterocycles. The third-order valence-electron chi connectivity index (χ3n) is 2.95. The smallest absolute Gasteiger partial charge is 0.336 e. The quantitative estimate of drug-likeness (QED) is 0.765. The molecule has 1 heterocycles. The molecule has 0 amide bonds. The molecule has 3 rings (SSSR count). The van der Waals surface area contributed by atoms with Crippen molar-refractivity contribution in [1.29, 1.82) is 0 Å². The highest BCUT2D eigenvalue weighted by Gasteiger charge is 2.09. The second kappa shape index (κ2) is 5.09. The summed E-state index contributed by atoms with van der Waals surface area (Å²) in [5.41, 5.74) is 5.74. The number of hydrogen-bond acceptors (Lipinski definition) is 5. The average Bonchev–Trinajstić information content (AvgIpc) is 2.46. The highest BCUT2D eigenvalue weighted by molar-refractivity contribution is 6.03. The zero-order chi connectivity index (χ0) is 14.8. The topological polar surface area (TPSA) is 98.3 Å². The van der Waals surface area contributed by atoms with Gasteiger partial charge in [0.15, 0.2) is 0 Å². The van der Waals surface area contributed by atoms with Crippen LogP contribution in [-0.4, -0.2) is 21.0 Å². The molecule has 6 nitrogen and oxygen atoms in total.